The van der Waals surface area contributed by atoms with Crippen molar-refractivity contribution in [3.8, 4) is 6.07 Å². The molecule has 3 heterocycles. The van der Waals surface area contributed by atoms with Crippen molar-refractivity contribution in [1.82, 2.24) is 20.2 Å². The molecule has 2 aliphatic rings. The first-order valence-corrected chi connectivity index (χ1v) is 9.94. The molecule has 1 saturated carbocycles. The maximum absolute atomic E-state index is 11.8. The first kappa shape index (κ1) is 17.9. The van der Waals surface area contributed by atoms with E-state index in [4.69, 9.17) is 10.7 Å². The van der Waals surface area contributed by atoms with Crippen LogP contribution in [0.3, 0.4) is 0 Å². The molecule has 4 unspecified atom stereocenters. The van der Waals surface area contributed by atoms with Crippen molar-refractivity contribution in [3.05, 3.63) is 41.5 Å². The Bertz CT molecular complexity index is 1160. The summed E-state index contributed by atoms with van der Waals surface area (Å²) in [6.45, 7) is 1.94. The van der Waals surface area contributed by atoms with Gasteiger partial charge in [0.1, 0.15) is 17.9 Å². The van der Waals surface area contributed by atoms with E-state index in [0.29, 0.717) is 11.2 Å². The Hall–Kier alpha value is -3.15. The number of carbonyl (C=O) groups excluding carboxylic acids is 1. The minimum absolute atomic E-state index is 0.160. The molecule has 1 aliphatic heterocycles. The number of pyridine rings is 1. The minimum Gasteiger partial charge on any atom is -0.368 e. The number of anilines is 1. The van der Waals surface area contributed by atoms with E-state index < -0.39 is 0 Å². The summed E-state index contributed by atoms with van der Waals surface area (Å²) in [5, 5.41) is 13.3. The number of imidazole rings is 1. The Kier molecular flexibility index (Phi) is 4.15. The smallest absolute Gasteiger partial charge is 0.236 e. The van der Waals surface area contributed by atoms with Crippen molar-refractivity contribution < 1.29 is 4.79 Å². The number of carbonyl (C=O) groups is 1. The van der Waals surface area contributed by atoms with E-state index in [2.05, 4.69) is 22.2 Å². The van der Waals surface area contributed by atoms with Crippen LogP contribution in [0.4, 0.5) is 5.82 Å². The van der Waals surface area contributed by atoms with Crippen LogP contribution in [0.25, 0.3) is 16.7 Å². The molecule has 1 amide bonds. The van der Waals surface area contributed by atoms with Gasteiger partial charge < -0.3 is 11.1 Å². The number of hydrogen-bond donors (Lipinski definition) is 4. The predicted molar refractivity (Wildman–Crippen MR) is 110 cm³/mol. The van der Waals surface area contributed by atoms with Crippen molar-refractivity contribution in [1.29, 1.82) is 5.26 Å². The summed E-state index contributed by atoms with van der Waals surface area (Å²) in [5.74, 6) is 0.763. The fourth-order valence-electron chi connectivity index (χ4n) is 4.88. The van der Waals surface area contributed by atoms with Gasteiger partial charge in [-0.2, -0.15) is 5.26 Å². The SMILES string of the molecule is Cc1cc(NC2CCC3NNC(C(N)=O)C3C2)n2c(nc3ccccc32)c1C#N. The van der Waals surface area contributed by atoms with Gasteiger partial charge in [-0.25, -0.2) is 10.4 Å². The third-order valence-corrected chi connectivity index (χ3v) is 6.30. The third kappa shape index (κ3) is 2.82. The molecule has 0 spiro atoms. The first-order valence-electron chi connectivity index (χ1n) is 9.94. The highest BCUT2D eigenvalue weighted by atomic mass is 16.1. The Morgan fingerprint density at radius 1 is 1.34 bits per heavy atom. The van der Waals surface area contributed by atoms with E-state index in [1.54, 1.807) is 0 Å². The van der Waals surface area contributed by atoms with Gasteiger partial charge in [-0.3, -0.25) is 14.6 Å². The van der Waals surface area contributed by atoms with Gasteiger partial charge in [0.2, 0.25) is 5.91 Å². The molecule has 1 aromatic carbocycles. The van der Waals surface area contributed by atoms with Crippen molar-refractivity contribution in [3.63, 3.8) is 0 Å². The lowest BCUT2D eigenvalue weighted by molar-refractivity contribution is -0.120. The lowest BCUT2D eigenvalue weighted by atomic mass is 9.79. The van der Waals surface area contributed by atoms with Crippen LogP contribution in [0.5, 0.6) is 0 Å². The zero-order chi connectivity index (χ0) is 20.1. The number of nitrogens with one attached hydrogen (secondary N) is 3. The van der Waals surface area contributed by atoms with Crippen LogP contribution in [0.15, 0.2) is 30.3 Å². The number of benzene rings is 1. The molecule has 5 rings (SSSR count). The number of nitrogens with zero attached hydrogens (tertiary/aromatic N) is 3. The lowest BCUT2D eigenvalue weighted by Gasteiger charge is -2.33. The highest BCUT2D eigenvalue weighted by molar-refractivity contribution is 5.85. The fourth-order valence-corrected chi connectivity index (χ4v) is 4.88. The van der Waals surface area contributed by atoms with Gasteiger partial charge in [0.05, 0.1) is 16.6 Å². The van der Waals surface area contributed by atoms with Crippen molar-refractivity contribution in [2.24, 2.45) is 11.7 Å². The second kappa shape index (κ2) is 6.72. The van der Waals surface area contributed by atoms with E-state index in [1.807, 2.05) is 41.7 Å². The number of hydrogen-bond acceptors (Lipinski definition) is 6. The fraction of sp³-hybridized carbons (Fsp3) is 0.381. The second-order valence-electron chi connectivity index (χ2n) is 8.05. The normalized spacial score (nSPS) is 26.3. The average Bonchev–Trinajstić information content (AvgIpc) is 3.29. The van der Waals surface area contributed by atoms with Crippen LogP contribution in [0.2, 0.25) is 0 Å². The number of rotatable bonds is 3. The molecule has 8 nitrogen and oxygen atoms in total. The highest BCUT2D eigenvalue weighted by Gasteiger charge is 2.42. The quantitative estimate of drug-likeness (QED) is 0.540. The van der Waals surface area contributed by atoms with Gasteiger partial charge in [0.15, 0.2) is 5.65 Å². The van der Waals surface area contributed by atoms with Crippen molar-refractivity contribution >= 4 is 28.4 Å². The van der Waals surface area contributed by atoms with Crippen LogP contribution in [0.1, 0.15) is 30.4 Å². The maximum Gasteiger partial charge on any atom is 0.236 e. The summed E-state index contributed by atoms with van der Waals surface area (Å²) >= 11 is 0. The molecule has 1 aliphatic carbocycles. The van der Waals surface area contributed by atoms with Gasteiger partial charge in [-0.05, 0) is 49.9 Å². The molecule has 4 atom stereocenters. The molecular weight excluding hydrogens is 366 g/mol. The molecule has 3 aromatic rings. The number of nitriles is 1. The monoisotopic (exact) mass is 389 g/mol. The summed E-state index contributed by atoms with van der Waals surface area (Å²) in [5.41, 5.74) is 15.8. The number of amides is 1. The molecule has 8 heteroatoms. The predicted octanol–water partition coefficient (Wildman–Crippen LogP) is 1.58. The highest BCUT2D eigenvalue weighted by Crippen LogP contribution is 2.33. The van der Waals surface area contributed by atoms with Gasteiger partial charge in [0.25, 0.3) is 0 Å². The van der Waals surface area contributed by atoms with Crippen LogP contribution in [-0.4, -0.2) is 33.4 Å². The van der Waals surface area contributed by atoms with E-state index in [0.717, 1.165) is 41.7 Å². The summed E-state index contributed by atoms with van der Waals surface area (Å²) in [6, 6.07) is 12.3. The van der Waals surface area contributed by atoms with Crippen molar-refractivity contribution in [2.75, 3.05) is 5.32 Å². The Morgan fingerprint density at radius 2 is 2.17 bits per heavy atom. The van der Waals surface area contributed by atoms with Crippen LogP contribution < -0.4 is 21.9 Å². The molecule has 5 N–H and O–H groups in total. The van der Waals surface area contributed by atoms with Crippen molar-refractivity contribution in [2.45, 2.75) is 44.3 Å². The molecule has 0 radical (unpaired) electrons. The summed E-state index contributed by atoms with van der Waals surface area (Å²) in [7, 11) is 0. The number of nitrogens with two attached hydrogens (primary N) is 1. The van der Waals surface area contributed by atoms with Gasteiger partial charge in [0, 0.05) is 18.0 Å². The molecule has 29 heavy (non-hydrogen) atoms. The Labute approximate surface area is 168 Å². The number of hydrazine groups is 1. The molecule has 0 bridgehead atoms. The minimum atomic E-state index is -0.346. The number of aromatic nitrogens is 2. The first-order chi connectivity index (χ1) is 14.1. The largest absolute Gasteiger partial charge is 0.368 e. The summed E-state index contributed by atoms with van der Waals surface area (Å²) in [6.07, 6.45) is 2.78. The standard InChI is InChI=1S/C21H23N7O/c1-11-8-18(24-12-6-7-15-13(9-12)19(20(23)29)27-26-15)28-17-5-3-2-4-16(17)25-21(28)14(11)10-22/h2-5,8,12-13,15,19,24,26-27H,6-7,9H2,1H3,(H2,23,29). The van der Waals surface area contributed by atoms with E-state index in [1.165, 1.54) is 0 Å². The lowest BCUT2D eigenvalue weighted by Crippen LogP contribution is -2.44. The Balaban J connectivity index is 1.54. The van der Waals surface area contributed by atoms with Crippen LogP contribution >= 0.6 is 0 Å². The molecular formula is C21H23N7O. The average molecular weight is 389 g/mol. The molecule has 2 aromatic heterocycles. The van der Waals surface area contributed by atoms with Gasteiger partial charge >= 0.3 is 0 Å². The molecule has 148 valence electrons. The van der Waals surface area contributed by atoms with E-state index in [9.17, 15) is 10.1 Å². The third-order valence-electron chi connectivity index (χ3n) is 6.30. The molecule has 1 saturated heterocycles. The zero-order valence-corrected chi connectivity index (χ0v) is 16.1. The zero-order valence-electron chi connectivity index (χ0n) is 16.1. The van der Waals surface area contributed by atoms with E-state index >= 15 is 0 Å². The Morgan fingerprint density at radius 3 is 2.97 bits per heavy atom. The van der Waals surface area contributed by atoms with E-state index in [-0.39, 0.29) is 30.0 Å². The topological polar surface area (TPSA) is 120 Å². The summed E-state index contributed by atoms with van der Waals surface area (Å²) in [4.78, 5) is 16.5. The maximum atomic E-state index is 11.8. The molecule has 2 fully saturated rings. The number of fused-ring (bicyclic) bond motifs is 4. The van der Waals surface area contributed by atoms with Gasteiger partial charge in [-0.1, -0.05) is 12.1 Å². The van der Waals surface area contributed by atoms with Gasteiger partial charge in [-0.15, -0.1) is 0 Å². The number of aryl methyl sites for hydroxylation is 1. The van der Waals surface area contributed by atoms with Crippen LogP contribution in [-0.2, 0) is 4.79 Å². The summed E-state index contributed by atoms with van der Waals surface area (Å²) < 4.78 is 2.03. The number of para-hydroxylation sites is 2. The van der Waals surface area contributed by atoms with Crippen LogP contribution in [0, 0.1) is 24.2 Å². The second-order valence-corrected chi connectivity index (χ2v) is 8.05. The number of primary amides is 1.